The highest BCUT2D eigenvalue weighted by molar-refractivity contribution is 5.78. The zero-order valence-electron chi connectivity index (χ0n) is 10.1. The van der Waals surface area contributed by atoms with Crippen LogP contribution in [0.4, 0.5) is 5.69 Å². The summed E-state index contributed by atoms with van der Waals surface area (Å²) in [4.78, 5) is 10.3. The molecule has 0 aliphatic rings. The van der Waals surface area contributed by atoms with Gasteiger partial charge in [0.05, 0.1) is 6.54 Å². The topological polar surface area (TPSA) is 55.1 Å². The molecule has 3 nitrogen and oxygen atoms in total. The van der Waals surface area contributed by atoms with Gasteiger partial charge in [0.1, 0.15) is 0 Å². The zero-order chi connectivity index (χ0) is 12.1. The van der Waals surface area contributed by atoms with E-state index in [2.05, 4.69) is 5.32 Å². The predicted molar refractivity (Wildman–Crippen MR) is 66.8 cm³/mol. The molecule has 0 unspecified atom stereocenters. The lowest BCUT2D eigenvalue weighted by atomic mass is 10.3. The van der Waals surface area contributed by atoms with Gasteiger partial charge >= 0.3 is 0 Å². The van der Waals surface area contributed by atoms with Gasteiger partial charge in [-0.25, -0.2) is 0 Å². The maximum atomic E-state index is 10.3. The van der Waals surface area contributed by atoms with Gasteiger partial charge in [0.2, 0.25) is 5.91 Å². The fourth-order valence-electron chi connectivity index (χ4n) is 0.745. The van der Waals surface area contributed by atoms with Gasteiger partial charge in [-0.05, 0) is 12.1 Å². The average molecular weight is 210 g/mol. The van der Waals surface area contributed by atoms with Crippen LogP contribution in [0, 0.1) is 0 Å². The van der Waals surface area contributed by atoms with Crippen LogP contribution in [0.15, 0.2) is 30.3 Å². The second-order valence-corrected chi connectivity index (χ2v) is 2.19. The van der Waals surface area contributed by atoms with Gasteiger partial charge in [0.25, 0.3) is 0 Å². The van der Waals surface area contributed by atoms with E-state index in [1.807, 2.05) is 58.0 Å². The third kappa shape index (κ3) is 10.4. The minimum atomic E-state index is -0.353. The van der Waals surface area contributed by atoms with Gasteiger partial charge in [-0.1, -0.05) is 45.9 Å². The van der Waals surface area contributed by atoms with Crippen molar-refractivity contribution in [1.82, 2.24) is 0 Å². The van der Waals surface area contributed by atoms with Crippen LogP contribution >= 0.6 is 0 Å². The number of nitrogens with one attached hydrogen (secondary N) is 1. The first-order chi connectivity index (χ1) is 7.29. The van der Waals surface area contributed by atoms with E-state index in [0.29, 0.717) is 0 Å². The van der Waals surface area contributed by atoms with Gasteiger partial charge in [-0.15, -0.1) is 0 Å². The molecule has 1 aromatic carbocycles. The average Bonchev–Trinajstić information content (AvgIpc) is 2.33. The van der Waals surface area contributed by atoms with Crippen LogP contribution in [0.1, 0.15) is 27.7 Å². The Morgan fingerprint density at radius 3 is 2.00 bits per heavy atom. The lowest BCUT2D eigenvalue weighted by Crippen LogP contribution is -2.21. The summed E-state index contributed by atoms with van der Waals surface area (Å²) in [6.07, 6.45) is 0. The van der Waals surface area contributed by atoms with E-state index in [1.165, 1.54) is 0 Å². The molecule has 15 heavy (non-hydrogen) atoms. The smallest absolute Gasteiger partial charge is 0.236 e. The third-order valence-electron chi connectivity index (χ3n) is 1.24. The number of primary amides is 1. The molecule has 0 aromatic heterocycles. The summed E-state index contributed by atoms with van der Waals surface area (Å²) in [5, 5.41) is 2.87. The van der Waals surface area contributed by atoms with Crippen molar-refractivity contribution in [2.45, 2.75) is 27.7 Å². The van der Waals surface area contributed by atoms with Crippen molar-refractivity contribution in [3.8, 4) is 0 Å². The van der Waals surface area contributed by atoms with E-state index in [1.54, 1.807) is 0 Å². The van der Waals surface area contributed by atoms with E-state index < -0.39 is 0 Å². The minimum Gasteiger partial charge on any atom is -0.376 e. The standard InChI is InChI=1S/C8H10N2O.2C2H6/c9-8(11)6-10-7-4-2-1-3-5-7;2*1-2/h1-5,10H,6H2,(H2,9,11);2*1-2H3. The number of para-hydroxylation sites is 1. The lowest BCUT2D eigenvalue weighted by molar-refractivity contribution is -0.116. The van der Waals surface area contributed by atoms with Gasteiger partial charge in [0.15, 0.2) is 0 Å². The molecule has 0 radical (unpaired) electrons. The highest BCUT2D eigenvalue weighted by atomic mass is 16.1. The number of carbonyl (C=O) groups is 1. The Morgan fingerprint density at radius 2 is 1.60 bits per heavy atom. The highest BCUT2D eigenvalue weighted by Gasteiger charge is 1.91. The Bertz CT molecular complexity index is 235. The maximum absolute atomic E-state index is 10.3. The summed E-state index contributed by atoms with van der Waals surface area (Å²) in [6, 6.07) is 9.45. The molecule has 0 bridgehead atoms. The van der Waals surface area contributed by atoms with E-state index in [0.717, 1.165) is 5.69 Å². The van der Waals surface area contributed by atoms with Crippen LogP contribution in [-0.4, -0.2) is 12.5 Å². The van der Waals surface area contributed by atoms with E-state index in [9.17, 15) is 4.79 Å². The van der Waals surface area contributed by atoms with Crippen LogP contribution in [0.2, 0.25) is 0 Å². The van der Waals surface area contributed by atoms with Gasteiger partial charge in [-0.3, -0.25) is 4.79 Å². The number of benzene rings is 1. The molecule has 0 spiro atoms. The molecule has 0 aliphatic heterocycles. The fraction of sp³-hybridized carbons (Fsp3) is 0.417. The highest BCUT2D eigenvalue weighted by Crippen LogP contribution is 2.03. The summed E-state index contributed by atoms with van der Waals surface area (Å²) in [5.41, 5.74) is 5.85. The Labute approximate surface area is 92.7 Å². The summed E-state index contributed by atoms with van der Waals surface area (Å²) in [7, 11) is 0. The van der Waals surface area contributed by atoms with Crippen molar-refractivity contribution in [2.24, 2.45) is 5.73 Å². The lowest BCUT2D eigenvalue weighted by Gasteiger charge is -2.01. The largest absolute Gasteiger partial charge is 0.376 e. The molecule has 0 saturated heterocycles. The SMILES string of the molecule is CC.CC.NC(=O)CNc1ccccc1. The van der Waals surface area contributed by atoms with Crippen molar-refractivity contribution in [3.63, 3.8) is 0 Å². The Kier molecular flexibility index (Phi) is 13.3. The second kappa shape index (κ2) is 12.5. The molecular formula is C12H22N2O. The first-order valence-electron chi connectivity index (χ1n) is 5.36. The molecular weight excluding hydrogens is 188 g/mol. The van der Waals surface area contributed by atoms with Crippen LogP contribution in [0.5, 0.6) is 0 Å². The van der Waals surface area contributed by atoms with Gasteiger partial charge < -0.3 is 11.1 Å². The third-order valence-corrected chi connectivity index (χ3v) is 1.24. The number of rotatable bonds is 3. The molecule has 0 fully saturated rings. The number of hydrogen-bond donors (Lipinski definition) is 2. The summed E-state index contributed by atoms with van der Waals surface area (Å²) in [6.45, 7) is 8.18. The van der Waals surface area contributed by atoms with Crippen molar-refractivity contribution < 1.29 is 4.79 Å². The molecule has 3 heteroatoms. The van der Waals surface area contributed by atoms with E-state index in [4.69, 9.17) is 5.73 Å². The van der Waals surface area contributed by atoms with Crippen LogP contribution in [0.25, 0.3) is 0 Å². The number of anilines is 1. The molecule has 3 N–H and O–H groups in total. The molecule has 1 rings (SSSR count). The number of carbonyl (C=O) groups excluding carboxylic acids is 1. The van der Waals surface area contributed by atoms with Crippen LogP contribution in [-0.2, 0) is 4.79 Å². The first kappa shape index (κ1) is 15.9. The van der Waals surface area contributed by atoms with Crippen molar-refractivity contribution in [3.05, 3.63) is 30.3 Å². The molecule has 0 aliphatic carbocycles. The fourth-order valence-corrected chi connectivity index (χ4v) is 0.745. The number of nitrogens with two attached hydrogens (primary N) is 1. The molecule has 0 heterocycles. The second-order valence-electron chi connectivity index (χ2n) is 2.19. The zero-order valence-corrected chi connectivity index (χ0v) is 10.1. The molecule has 1 amide bonds. The van der Waals surface area contributed by atoms with E-state index >= 15 is 0 Å². The normalized spacial score (nSPS) is 7.47. The van der Waals surface area contributed by atoms with Gasteiger partial charge in [-0.2, -0.15) is 0 Å². The quantitative estimate of drug-likeness (QED) is 0.805. The summed E-state index contributed by atoms with van der Waals surface area (Å²) >= 11 is 0. The molecule has 0 atom stereocenters. The maximum Gasteiger partial charge on any atom is 0.236 e. The summed E-state index contributed by atoms with van der Waals surface area (Å²) < 4.78 is 0. The molecule has 0 saturated carbocycles. The monoisotopic (exact) mass is 210 g/mol. The Morgan fingerprint density at radius 1 is 1.13 bits per heavy atom. The Balaban J connectivity index is 0. The minimum absolute atomic E-state index is 0.185. The van der Waals surface area contributed by atoms with Gasteiger partial charge in [0, 0.05) is 5.69 Å². The predicted octanol–water partition coefficient (Wildman–Crippen LogP) is 2.64. The van der Waals surface area contributed by atoms with Crippen LogP contribution in [0.3, 0.4) is 0 Å². The van der Waals surface area contributed by atoms with E-state index in [-0.39, 0.29) is 12.5 Å². The van der Waals surface area contributed by atoms with Crippen molar-refractivity contribution in [2.75, 3.05) is 11.9 Å². The first-order valence-corrected chi connectivity index (χ1v) is 5.36. The van der Waals surface area contributed by atoms with Crippen molar-refractivity contribution >= 4 is 11.6 Å². The molecule has 1 aromatic rings. The van der Waals surface area contributed by atoms with Crippen LogP contribution < -0.4 is 11.1 Å². The van der Waals surface area contributed by atoms with Crippen molar-refractivity contribution in [1.29, 1.82) is 0 Å². The summed E-state index contributed by atoms with van der Waals surface area (Å²) in [5.74, 6) is -0.353. The molecule has 86 valence electrons. The number of hydrogen-bond acceptors (Lipinski definition) is 2. The Hall–Kier alpha value is -1.51. The number of amides is 1.